The van der Waals surface area contributed by atoms with Crippen molar-refractivity contribution in [1.82, 2.24) is 15.3 Å². The SMILES string of the molecule is N#CC1(CNc2cccc(-c3cc(NC4CCC(N[C@@H]5CCOC5)CC4)ncc3Cl)n2)CCOCC1. The Labute approximate surface area is 218 Å². The van der Waals surface area contributed by atoms with E-state index in [0.29, 0.717) is 42.9 Å². The van der Waals surface area contributed by atoms with E-state index in [1.807, 2.05) is 24.3 Å². The van der Waals surface area contributed by atoms with Gasteiger partial charge in [0.2, 0.25) is 0 Å². The van der Waals surface area contributed by atoms with Crippen molar-refractivity contribution < 1.29 is 9.47 Å². The molecule has 3 N–H and O–H groups in total. The number of nitriles is 1. The van der Waals surface area contributed by atoms with E-state index in [9.17, 15) is 5.26 Å². The highest BCUT2D eigenvalue weighted by molar-refractivity contribution is 6.33. The molecule has 2 aromatic heterocycles. The maximum absolute atomic E-state index is 9.73. The molecule has 8 nitrogen and oxygen atoms in total. The monoisotopic (exact) mass is 510 g/mol. The van der Waals surface area contributed by atoms with Crippen molar-refractivity contribution in [3.63, 3.8) is 0 Å². The average molecular weight is 511 g/mol. The number of hydrogen-bond donors (Lipinski definition) is 3. The minimum Gasteiger partial charge on any atom is -0.381 e. The Bertz CT molecular complexity index is 1060. The largest absolute Gasteiger partial charge is 0.381 e. The van der Waals surface area contributed by atoms with Crippen LogP contribution in [0.25, 0.3) is 11.3 Å². The fourth-order valence-electron chi connectivity index (χ4n) is 5.36. The third kappa shape index (κ3) is 6.27. The number of pyridine rings is 2. The summed E-state index contributed by atoms with van der Waals surface area (Å²) in [6.45, 7) is 3.51. The molecule has 4 heterocycles. The lowest BCUT2D eigenvalue weighted by molar-refractivity contribution is 0.0455. The lowest BCUT2D eigenvalue weighted by atomic mass is 9.82. The van der Waals surface area contributed by atoms with Crippen molar-refractivity contribution >= 4 is 23.2 Å². The van der Waals surface area contributed by atoms with Gasteiger partial charge in [0.05, 0.1) is 28.8 Å². The van der Waals surface area contributed by atoms with Crippen molar-refractivity contribution in [2.24, 2.45) is 5.41 Å². The van der Waals surface area contributed by atoms with Crippen LogP contribution in [-0.2, 0) is 9.47 Å². The fraction of sp³-hybridized carbons (Fsp3) is 0.593. The second kappa shape index (κ2) is 11.7. The van der Waals surface area contributed by atoms with Crippen LogP contribution in [0.5, 0.6) is 0 Å². The molecule has 0 radical (unpaired) electrons. The number of ether oxygens (including phenoxy) is 2. The Balaban J connectivity index is 1.20. The first-order chi connectivity index (χ1) is 17.6. The van der Waals surface area contributed by atoms with Crippen LogP contribution < -0.4 is 16.0 Å². The molecule has 1 atom stereocenters. The van der Waals surface area contributed by atoms with Gasteiger partial charge in [0.15, 0.2) is 0 Å². The minimum atomic E-state index is -0.416. The van der Waals surface area contributed by atoms with Gasteiger partial charge in [-0.15, -0.1) is 0 Å². The number of aromatic nitrogens is 2. The molecule has 1 aliphatic carbocycles. The van der Waals surface area contributed by atoms with Gasteiger partial charge in [0.1, 0.15) is 11.6 Å². The maximum Gasteiger partial charge on any atom is 0.126 e. The van der Waals surface area contributed by atoms with Crippen LogP contribution in [0.15, 0.2) is 30.5 Å². The van der Waals surface area contributed by atoms with Gasteiger partial charge in [-0.05, 0) is 63.1 Å². The lowest BCUT2D eigenvalue weighted by Gasteiger charge is -2.31. The molecule has 2 aromatic rings. The second-order valence-corrected chi connectivity index (χ2v) is 10.6. The topological polar surface area (TPSA) is 104 Å². The lowest BCUT2D eigenvalue weighted by Crippen LogP contribution is -2.42. The van der Waals surface area contributed by atoms with Gasteiger partial charge < -0.3 is 25.4 Å². The molecule has 0 bridgehead atoms. The molecule has 192 valence electrons. The fourth-order valence-corrected chi connectivity index (χ4v) is 5.56. The molecule has 3 fully saturated rings. The number of rotatable bonds is 8. The quantitative estimate of drug-likeness (QED) is 0.472. The van der Waals surface area contributed by atoms with Gasteiger partial charge in [0, 0.05) is 56.3 Å². The Morgan fingerprint density at radius 2 is 1.81 bits per heavy atom. The Hall–Kier alpha value is -2.44. The van der Waals surface area contributed by atoms with Gasteiger partial charge in [-0.25, -0.2) is 9.97 Å². The van der Waals surface area contributed by atoms with Crippen molar-refractivity contribution in [3.05, 3.63) is 35.5 Å². The number of nitrogens with zero attached hydrogens (tertiary/aromatic N) is 3. The summed E-state index contributed by atoms with van der Waals surface area (Å²) in [7, 11) is 0. The van der Waals surface area contributed by atoms with Crippen LogP contribution in [0.1, 0.15) is 44.9 Å². The van der Waals surface area contributed by atoms with Crippen LogP contribution >= 0.6 is 11.6 Å². The zero-order chi connectivity index (χ0) is 24.8. The second-order valence-electron chi connectivity index (χ2n) is 10.2. The summed E-state index contributed by atoms with van der Waals surface area (Å²) in [5.74, 6) is 1.55. The first kappa shape index (κ1) is 25.2. The molecule has 5 rings (SSSR count). The third-order valence-corrected chi connectivity index (χ3v) is 7.96. The van der Waals surface area contributed by atoms with Crippen molar-refractivity contribution in [1.29, 1.82) is 5.26 Å². The van der Waals surface area contributed by atoms with Gasteiger partial charge >= 0.3 is 0 Å². The number of anilines is 2. The van der Waals surface area contributed by atoms with E-state index < -0.39 is 5.41 Å². The highest BCUT2D eigenvalue weighted by Crippen LogP contribution is 2.32. The van der Waals surface area contributed by atoms with E-state index in [1.165, 1.54) is 0 Å². The molecule has 2 saturated heterocycles. The van der Waals surface area contributed by atoms with E-state index in [2.05, 4.69) is 27.0 Å². The molecule has 1 saturated carbocycles. The van der Waals surface area contributed by atoms with Gasteiger partial charge in [-0.3, -0.25) is 0 Å². The Kier molecular flexibility index (Phi) is 8.22. The summed E-state index contributed by atoms with van der Waals surface area (Å²) in [6.07, 6.45) is 8.79. The van der Waals surface area contributed by atoms with E-state index in [1.54, 1.807) is 6.20 Å². The molecular weight excluding hydrogens is 476 g/mol. The highest BCUT2D eigenvalue weighted by atomic mass is 35.5. The van der Waals surface area contributed by atoms with E-state index in [-0.39, 0.29) is 0 Å². The third-order valence-electron chi connectivity index (χ3n) is 7.66. The van der Waals surface area contributed by atoms with Crippen LogP contribution in [0, 0.1) is 16.7 Å². The van der Waals surface area contributed by atoms with E-state index in [4.69, 9.17) is 26.1 Å². The van der Waals surface area contributed by atoms with Crippen molar-refractivity contribution in [2.75, 3.05) is 43.6 Å². The summed E-state index contributed by atoms with van der Waals surface area (Å²) in [5.41, 5.74) is 1.20. The zero-order valence-corrected chi connectivity index (χ0v) is 21.4. The van der Waals surface area contributed by atoms with Crippen LogP contribution in [-0.4, -0.2) is 61.1 Å². The molecule has 0 amide bonds. The molecule has 0 spiro atoms. The molecule has 2 aliphatic heterocycles. The smallest absolute Gasteiger partial charge is 0.126 e. The number of halogens is 1. The summed E-state index contributed by atoms with van der Waals surface area (Å²) in [6, 6.07) is 11.8. The van der Waals surface area contributed by atoms with Crippen LogP contribution in [0.3, 0.4) is 0 Å². The number of hydrogen-bond acceptors (Lipinski definition) is 8. The van der Waals surface area contributed by atoms with E-state index in [0.717, 1.165) is 81.1 Å². The van der Waals surface area contributed by atoms with Crippen molar-refractivity contribution in [3.8, 4) is 17.3 Å². The summed E-state index contributed by atoms with van der Waals surface area (Å²) < 4.78 is 10.9. The predicted molar refractivity (Wildman–Crippen MR) is 141 cm³/mol. The highest BCUT2D eigenvalue weighted by Gasteiger charge is 2.32. The van der Waals surface area contributed by atoms with Crippen LogP contribution in [0.2, 0.25) is 5.02 Å². The van der Waals surface area contributed by atoms with Gasteiger partial charge in [0.25, 0.3) is 0 Å². The van der Waals surface area contributed by atoms with Crippen LogP contribution in [0.4, 0.5) is 11.6 Å². The summed E-state index contributed by atoms with van der Waals surface area (Å²) in [4.78, 5) is 9.32. The maximum atomic E-state index is 9.73. The normalized spacial score (nSPS) is 25.7. The molecule has 0 aromatic carbocycles. The van der Waals surface area contributed by atoms with Crippen molar-refractivity contribution in [2.45, 2.75) is 63.1 Å². The summed E-state index contributed by atoms with van der Waals surface area (Å²) >= 11 is 6.54. The Morgan fingerprint density at radius 3 is 2.56 bits per heavy atom. The first-order valence-corrected chi connectivity index (χ1v) is 13.5. The molecule has 0 unspecified atom stereocenters. The summed E-state index contributed by atoms with van der Waals surface area (Å²) in [5, 5.41) is 21.0. The minimum absolute atomic E-state index is 0.395. The molecular formula is C27H35ClN6O2. The van der Waals surface area contributed by atoms with E-state index >= 15 is 0 Å². The molecule has 36 heavy (non-hydrogen) atoms. The first-order valence-electron chi connectivity index (χ1n) is 13.1. The number of nitrogens with one attached hydrogen (secondary N) is 3. The predicted octanol–water partition coefficient (Wildman–Crippen LogP) is 4.63. The van der Waals surface area contributed by atoms with Gasteiger partial charge in [-0.2, -0.15) is 5.26 Å². The molecule has 3 aliphatic rings. The Morgan fingerprint density at radius 1 is 1.00 bits per heavy atom. The average Bonchev–Trinajstić information content (AvgIpc) is 3.43. The van der Waals surface area contributed by atoms with Gasteiger partial charge in [-0.1, -0.05) is 17.7 Å². The zero-order valence-electron chi connectivity index (χ0n) is 20.6. The molecule has 9 heteroatoms. The standard InChI is InChI=1S/C27H35ClN6O2/c28-23-15-30-26(33-20-6-4-19(5-7-20)32-21-8-11-36-16-21)14-22(23)24-2-1-3-25(34-24)31-18-27(17-29)9-12-35-13-10-27/h1-3,14-15,19-21,32H,4-13,16,18H2,(H,30,33)(H,31,34)/t19?,20?,21-/m1/s1.